The van der Waals surface area contributed by atoms with Gasteiger partial charge in [-0.25, -0.2) is 8.42 Å². The summed E-state index contributed by atoms with van der Waals surface area (Å²) in [6, 6.07) is 18.4. The Morgan fingerprint density at radius 1 is 1.06 bits per heavy atom. The number of anilines is 1. The maximum atomic E-state index is 13.5. The van der Waals surface area contributed by atoms with Crippen LogP contribution in [0.3, 0.4) is 0 Å². The van der Waals surface area contributed by atoms with E-state index in [0.717, 1.165) is 15.4 Å². The van der Waals surface area contributed by atoms with Gasteiger partial charge in [0.15, 0.2) is 0 Å². The van der Waals surface area contributed by atoms with Crippen LogP contribution in [0.4, 0.5) is 5.69 Å². The van der Waals surface area contributed by atoms with Crippen LogP contribution >= 0.6 is 11.6 Å². The highest BCUT2D eigenvalue weighted by Crippen LogP contribution is 2.32. The van der Waals surface area contributed by atoms with Gasteiger partial charge in [-0.2, -0.15) is 0 Å². The molecule has 0 aliphatic rings. The van der Waals surface area contributed by atoms with Gasteiger partial charge < -0.3 is 14.8 Å². The Hall–Kier alpha value is -3.23. The third kappa shape index (κ3) is 6.21. The lowest BCUT2D eigenvalue weighted by atomic mass is 10.2. The first-order chi connectivity index (χ1) is 16.2. The highest BCUT2D eigenvalue weighted by atomic mass is 35.5. The summed E-state index contributed by atoms with van der Waals surface area (Å²) in [6.07, 6.45) is 0. The number of nitrogens with one attached hydrogen (secondary N) is 1. The predicted molar refractivity (Wildman–Crippen MR) is 133 cm³/mol. The largest absolute Gasteiger partial charge is 0.495 e. The molecule has 3 aromatic carbocycles. The number of benzene rings is 3. The molecule has 1 amide bonds. The Morgan fingerprint density at radius 3 is 2.44 bits per heavy atom. The number of methoxy groups -OCH3 is 1. The lowest BCUT2D eigenvalue weighted by Gasteiger charge is -2.24. The van der Waals surface area contributed by atoms with Gasteiger partial charge in [-0.3, -0.25) is 9.10 Å². The van der Waals surface area contributed by atoms with Crippen LogP contribution in [0.2, 0.25) is 5.02 Å². The molecule has 0 radical (unpaired) electrons. The fourth-order valence-corrected chi connectivity index (χ4v) is 4.93. The monoisotopic (exact) mass is 502 g/mol. The lowest BCUT2D eigenvalue weighted by molar-refractivity contribution is -0.119. The summed E-state index contributed by atoms with van der Waals surface area (Å²) in [7, 11) is -2.58. The number of hydrogen-bond acceptors (Lipinski definition) is 5. The molecular formula is C25H27ClN2O5S. The molecule has 0 saturated heterocycles. The summed E-state index contributed by atoms with van der Waals surface area (Å²) < 4.78 is 38.7. The van der Waals surface area contributed by atoms with Gasteiger partial charge in [-0.1, -0.05) is 41.4 Å². The van der Waals surface area contributed by atoms with Gasteiger partial charge in [-0.05, 0) is 61.9 Å². The maximum absolute atomic E-state index is 13.5. The summed E-state index contributed by atoms with van der Waals surface area (Å²) in [4.78, 5) is 12.9. The van der Waals surface area contributed by atoms with Crippen molar-refractivity contribution in [2.45, 2.75) is 25.3 Å². The summed E-state index contributed by atoms with van der Waals surface area (Å²) in [5.41, 5.74) is 2.00. The van der Waals surface area contributed by atoms with Crippen molar-refractivity contribution in [2.75, 3.05) is 24.6 Å². The summed E-state index contributed by atoms with van der Waals surface area (Å²) in [6.45, 7) is 4.09. The average molecular weight is 503 g/mol. The number of halogens is 1. The molecule has 0 heterocycles. The zero-order valence-corrected chi connectivity index (χ0v) is 20.8. The topological polar surface area (TPSA) is 84.9 Å². The number of hydrogen-bond donors (Lipinski definition) is 1. The molecule has 0 aliphatic heterocycles. The third-order valence-electron chi connectivity index (χ3n) is 5.02. The average Bonchev–Trinajstić information content (AvgIpc) is 2.82. The first-order valence-corrected chi connectivity index (χ1v) is 12.5. The molecule has 1 N–H and O–H groups in total. The molecule has 0 aromatic heterocycles. The fourth-order valence-electron chi connectivity index (χ4n) is 3.26. The molecule has 9 heteroatoms. The predicted octanol–water partition coefficient (Wildman–Crippen LogP) is 4.57. The normalized spacial score (nSPS) is 11.1. The van der Waals surface area contributed by atoms with E-state index in [2.05, 4.69) is 5.32 Å². The van der Waals surface area contributed by atoms with Gasteiger partial charge in [0.1, 0.15) is 18.0 Å². The minimum Gasteiger partial charge on any atom is -0.495 e. The standard InChI is InChI=1S/C25H27ClN2O5S/c1-4-33-21-7-5-6-19(14-21)16-27-25(29)17-28(20-10-13-24(32-3)23(26)15-20)34(30,31)22-11-8-18(2)9-12-22/h5-15H,4,16-17H2,1-3H3,(H,27,29). The van der Waals surface area contributed by atoms with Crippen molar-refractivity contribution < 1.29 is 22.7 Å². The van der Waals surface area contributed by atoms with E-state index in [1.54, 1.807) is 24.3 Å². The van der Waals surface area contributed by atoms with Crippen LogP contribution in [0.1, 0.15) is 18.1 Å². The molecule has 0 unspecified atom stereocenters. The Kier molecular flexibility index (Phi) is 8.41. The maximum Gasteiger partial charge on any atom is 0.264 e. The van der Waals surface area contributed by atoms with Crippen molar-refractivity contribution in [3.8, 4) is 11.5 Å². The highest BCUT2D eigenvalue weighted by molar-refractivity contribution is 7.92. The van der Waals surface area contributed by atoms with Crippen LogP contribution in [-0.2, 0) is 21.4 Å². The van der Waals surface area contributed by atoms with Crippen LogP contribution in [0.15, 0.2) is 71.6 Å². The fraction of sp³-hybridized carbons (Fsp3) is 0.240. The third-order valence-corrected chi connectivity index (χ3v) is 7.10. The van der Waals surface area contributed by atoms with Crippen LogP contribution in [0.5, 0.6) is 11.5 Å². The molecule has 3 rings (SSSR count). The molecule has 34 heavy (non-hydrogen) atoms. The van der Waals surface area contributed by atoms with Crippen LogP contribution in [-0.4, -0.2) is 34.6 Å². The lowest BCUT2D eigenvalue weighted by Crippen LogP contribution is -2.40. The number of sulfonamides is 1. The molecule has 0 atom stereocenters. The Labute approximate surface area is 205 Å². The summed E-state index contributed by atoms with van der Waals surface area (Å²) in [5, 5.41) is 3.01. The zero-order valence-electron chi connectivity index (χ0n) is 19.2. The molecule has 0 spiro atoms. The second kappa shape index (κ2) is 11.3. The number of aryl methyl sites for hydroxylation is 1. The quantitative estimate of drug-likeness (QED) is 0.439. The highest BCUT2D eigenvalue weighted by Gasteiger charge is 2.27. The van der Waals surface area contributed by atoms with Gasteiger partial charge in [0.05, 0.1) is 29.3 Å². The summed E-state index contributed by atoms with van der Waals surface area (Å²) >= 11 is 6.25. The molecule has 180 valence electrons. The molecule has 0 fully saturated rings. The van der Waals surface area contributed by atoms with Gasteiger partial charge in [-0.15, -0.1) is 0 Å². The number of rotatable bonds is 10. The number of carbonyl (C=O) groups excluding carboxylic acids is 1. The number of ether oxygens (including phenoxy) is 2. The number of nitrogens with zero attached hydrogens (tertiary/aromatic N) is 1. The molecule has 0 bridgehead atoms. The Balaban J connectivity index is 1.86. The van der Waals surface area contributed by atoms with E-state index in [4.69, 9.17) is 21.1 Å². The smallest absolute Gasteiger partial charge is 0.264 e. The van der Waals surface area contributed by atoms with Gasteiger partial charge in [0.25, 0.3) is 10.0 Å². The van der Waals surface area contributed by atoms with E-state index in [9.17, 15) is 13.2 Å². The molecule has 7 nitrogen and oxygen atoms in total. The summed E-state index contributed by atoms with van der Waals surface area (Å²) in [5.74, 6) is 0.631. The second-order valence-corrected chi connectivity index (χ2v) is 9.77. The van der Waals surface area contributed by atoms with Crippen molar-refractivity contribution in [2.24, 2.45) is 0 Å². The van der Waals surface area contributed by atoms with Crippen LogP contribution < -0.4 is 19.1 Å². The van der Waals surface area contributed by atoms with Crippen molar-refractivity contribution >= 4 is 33.2 Å². The van der Waals surface area contributed by atoms with Crippen molar-refractivity contribution in [1.82, 2.24) is 5.32 Å². The van der Waals surface area contributed by atoms with E-state index >= 15 is 0 Å². The van der Waals surface area contributed by atoms with Gasteiger partial charge in [0.2, 0.25) is 5.91 Å². The van der Waals surface area contributed by atoms with Crippen molar-refractivity contribution in [3.63, 3.8) is 0 Å². The van der Waals surface area contributed by atoms with Crippen LogP contribution in [0, 0.1) is 6.92 Å². The molecular weight excluding hydrogens is 476 g/mol. The van der Waals surface area contributed by atoms with E-state index < -0.39 is 22.5 Å². The minimum atomic E-state index is -4.05. The van der Waals surface area contributed by atoms with Gasteiger partial charge in [0, 0.05) is 6.54 Å². The van der Waals surface area contributed by atoms with E-state index in [-0.39, 0.29) is 22.2 Å². The van der Waals surface area contributed by atoms with Crippen LogP contribution in [0.25, 0.3) is 0 Å². The Morgan fingerprint density at radius 2 is 1.79 bits per heavy atom. The van der Waals surface area contributed by atoms with Crippen molar-refractivity contribution in [3.05, 3.63) is 82.9 Å². The first-order valence-electron chi connectivity index (χ1n) is 10.7. The molecule has 3 aromatic rings. The zero-order chi connectivity index (χ0) is 24.7. The van der Waals surface area contributed by atoms with Gasteiger partial charge >= 0.3 is 0 Å². The van der Waals surface area contributed by atoms with Crippen molar-refractivity contribution in [1.29, 1.82) is 0 Å². The van der Waals surface area contributed by atoms with E-state index in [0.29, 0.717) is 18.1 Å². The Bertz CT molecular complexity index is 1250. The second-order valence-electron chi connectivity index (χ2n) is 7.50. The minimum absolute atomic E-state index is 0.0715. The SMILES string of the molecule is CCOc1cccc(CNC(=O)CN(c2ccc(OC)c(Cl)c2)S(=O)(=O)c2ccc(C)cc2)c1. The first kappa shape index (κ1) is 25.4. The van der Waals surface area contributed by atoms with E-state index in [1.807, 2.05) is 38.1 Å². The number of carbonyl (C=O) groups is 1. The van der Waals surface area contributed by atoms with E-state index in [1.165, 1.54) is 25.3 Å². The number of amides is 1. The molecule has 0 aliphatic carbocycles. The molecule has 0 saturated carbocycles.